The normalized spacial score (nSPS) is 10.2. The third-order valence-electron chi connectivity index (χ3n) is 2.87. The van der Waals surface area contributed by atoms with Crippen LogP contribution in [0.1, 0.15) is 0 Å². The fourth-order valence-electron chi connectivity index (χ4n) is 1.99. The zero-order valence-corrected chi connectivity index (χ0v) is 12.9. The van der Waals surface area contributed by atoms with E-state index in [1.807, 2.05) is 0 Å². The maximum absolute atomic E-state index is 6.06. The number of hydrogen-bond acceptors (Lipinski definition) is 3. The Labute approximate surface area is 128 Å². The molecule has 0 saturated carbocycles. The molecule has 0 aliphatic rings. The van der Waals surface area contributed by atoms with Gasteiger partial charge in [-0.05, 0) is 23.8 Å². The molecule has 2 aromatic carbocycles. The monoisotopic (exact) mass is 312 g/mol. The topological polar surface area (TPSA) is 27.7 Å². The highest BCUT2D eigenvalue weighted by Gasteiger charge is 2.16. The molecule has 0 N–H and O–H groups in total. The average molecular weight is 313 g/mol. The van der Waals surface area contributed by atoms with Crippen LogP contribution < -0.4 is 14.2 Å². The first-order valence-corrected chi connectivity index (χ1v) is 6.61. The van der Waals surface area contributed by atoms with Crippen LogP contribution in [0.4, 0.5) is 0 Å². The van der Waals surface area contributed by atoms with E-state index in [4.69, 9.17) is 37.4 Å². The standard InChI is InChI=1S/C15H14Cl2O3/c1-18-12-7-13(19-2)15(14(8-12)20-3)9-4-10(16)6-11(17)5-9/h4-8H,1-3H3. The van der Waals surface area contributed by atoms with Crippen molar-refractivity contribution in [1.82, 2.24) is 0 Å². The summed E-state index contributed by atoms with van der Waals surface area (Å²) in [7, 11) is 4.76. The molecule has 0 aliphatic heterocycles. The largest absolute Gasteiger partial charge is 0.496 e. The lowest BCUT2D eigenvalue weighted by Crippen LogP contribution is -1.95. The van der Waals surface area contributed by atoms with Gasteiger partial charge in [-0.25, -0.2) is 0 Å². The van der Waals surface area contributed by atoms with Gasteiger partial charge < -0.3 is 14.2 Å². The molecule has 0 aromatic heterocycles. The summed E-state index contributed by atoms with van der Waals surface area (Å²) in [4.78, 5) is 0. The summed E-state index contributed by atoms with van der Waals surface area (Å²) in [6, 6.07) is 8.86. The Balaban J connectivity index is 2.70. The molecule has 0 spiro atoms. The van der Waals surface area contributed by atoms with Crippen molar-refractivity contribution in [3.8, 4) is 28.4 Å². The van der Waals surface area contributed by atoms with E-state index >= 15 is 0 Å². The van der Waals surface area contributed by atoms with Crippen molar-refractivity contribution in [3.63, 3.8) is 0 Å². The van der Waals surface area contributed by atoms with Gasteiger partial charge in [-0.15, -0.1) is 0 Å². The zero-order chi connectivity index (χ0) is 14.7. The van der Waals surface area contributed by atoms with Gasteiger partial charge in [-0.2, -0.15) is 0 Å². The number of benzene rings is 2. The van der Waals surface area contributed by atoms with Crippen LogP contribution in [0.2, 0.25) is 10.0 Å². The van der Waals surface area contributed by atoms with E-state index in [-0.39, 0.29) is 0 Å². The van der Waals surface area contributed by atoms with Gasteiger partial charge in [0.25, 0.3) is 0 Å². The molecule has 0 bridgehead atoms. The van der Waals surface area contributed by atoms with Gasteiger partial charge in [0, 0.05) is 22.2 Å². The highest BCUT2D eigenvalue weighted by Crippen LogP contribution is 2.43. The smallest absolute Gasteiger partial charge is 0.134 e. The quantitative estimate of drug-likeness (QED) is 0.820. The number of ether oxygens (including phenoxy) is 3. The molecule has 0 atom stereocenters. The maximum Gasteiger partial charge on any atom is 0.134 e. The molecule has 20 heavy (non-hydrogen) atoms. The van der Waals surface area contributed by atoms with Gasteiger partial charge in [-0.1, -0.05) is 23.2 Å². The van der Waals surface area contributed by atoms with Gasteiger partial charge >= 0.3 is 0 Å². The molecule has 0 heterocycles. The van der Waals surface area contributed by atoms with Crippen LogP contribution >= 0.6 is 23.2 Å². The van der Waals surface area contributed by atoms with Crippen LogP contribution in [-0.2, 0) is 0 Å². The molecular formula is C15H14Cl2O3. The average Bonchev–Trinajstić information content (AvgIpc) is 2.44. The van der Waals surface area contributed by atoms with E-state index in [9.17, 15) is 0 Å². The van der Waals surface area contributed by atoms with Gasteiger partial charge in [0.2, 0.25) is 0 Å². The summed E-state index contributed by atoms with van der Waals surface area (Å²) < 4.78 is 16.1. The number of hydrogen-bond donors (Lipinski definition) is 0. The van der Waals surface area contributed by atoms with Crippen molar-refractivity contribution < 1.29 is 14.2 Å². The van der Waals surface area contributed by atoms with Crippen LogP contribution in [0.5, 0.6) is 17.2 Å². The molecule has 0 amide bonds. The van der Waals surface area contributed by atoms with Crippen LogP contribution in [0.15, 0.2) is 30.3 Å². The summed E-state index contributed by atoms with van der Waals surface area (Å²) in [6.07, 6.45) is 0. The van der Waals surface area contributed by atoms with Crippen molar-refractivity contribution in [2.24, 2.45) is 0 Å². The summed E-state index contributed by atoms with van der Waals surface area (Å²) in [5.74, 6) is 1.90. The molecule has 0 radical (unpaired) electrons. The second-order valence-electron chi connectivity index (χ2n) is 4.07. The van der Waals surface area contributed by atoms with E-state index in [0.717, 1.165) is 11.1 Å². The molecule has 2 aromatic rings. The molecule has 0 fully saturated rings. The fraction of sp³-hybridized carbons (Fsp3) is 0.200. The summed E-state index contributed by atoms with van der Waals surface area (Å²) >= 11 is 12.1. The molecule has 0 unspecified atom stereocenters. The van der Waals surface area contributed by atoms with E-state index in [1.165, 1.54) is 0 Å². The van der Waals surface area contributed by atoms with E-state index < -0.39 is 0 Å². The van der Waals surface area contributed by atoms with Crippen molar-refractivity contribution in [2.45, 2.75) is 0 Å². The summed E-state index contributed by atoms with van der Waals surface area (Å²) in [6.45, 7) is 0. The Morgan fingerprint density at radius 1 is 0.700 bits per heavy atom. The maximum atomic E-state index is 6.06. The Morgan fingerprint density at radius 2 is 1.20 bits per heavy atom. The predicted molar refractivity (Wildman–Crippen MR) is 81.6 cm³/mol. The molecule has 0 aliphatic carbocycles. The molecule has 0 saturated heterocycles. The van der Waals surface area contributed by atoms with Gasteiger partial charge in [0.15, 0.2) is 0 Å². The van der Waals surface area contributed by atoms with E-state index in [2.05, 4.69) is 0 Å². The first-order valence-electron chi connectivity index (χ1n) is 5.85. The molecular weight excluding hydrogens is 299 g/mol. The minimum Gasteiger partial charge on any atom is -0.496 e. The van der Waals surface area contributed by atoms with E-state index in [0.29, 0.717) is 27.3 Å². The minimum atomic E-state index is 0.549. The Bertz CT molecular complexity index is 581. The Kier molecular flexibility index (Phi) is 4.63. The van der Waals surface area contributed by atoms with Crippen LogP contribution in [0, 0.1) is 0 Å². The SMILES string of the molecule is COc1cc(OC)c(-c2cc(Cl)cc(Cl)c2)c(OC)c1. The molecule has 2 rings (SSSR count). The highest BCUT2D eigenvalue weighted by molar-refractivity contribution is 6.35. The van der Waals surface area contributed by atoms with Crippen LogP contribution in [0.25, 0.3) is 11.1 Å². The van der Waals surface area contributed by atoms with Crippen molar-refractivity contribution in [3.05, 3.63) is 40.4 Å². The third-order valence-corrected chi connectivity index (χ3v) is 3.30. The first kappa shape index (κ1) is 14.8. The number of halogens is 2. The zero-order valence-electron chi connectivity index (χ0n) is 11.4. The van der Waals surface area contributed by atoms with E-state index in [1.54, 1.807) is 51.7 Å². The van der Waals surface area contributed by atoms with Gasteiger partial charge in [-0.3, -0.25) is 0 Å². The lowest BCUT2D eigenvalue weighted by molar-refractivity contribution is 0.377. The second-order valence-corrected chi connectivity index (χ2v) is 4.94. The molecule has 3 nitrogen and oxygen atoms in total. The fourth-order valence-corrected chi connectivity index (χ4v) is 2.51. The molecule has 5 heteroatoms. The van der Waals surface area contributed by atoms with Crippen molar-refractivity contribution in [1.29, 1.82) is 0 Å². The summed E-state index contributed by atoms with van der Waals surface area (Å²) in [5, 5.41) is 1.10. The Hall–Kier alpha value is -1.58. The van der Waals surface area contributed by atoms with Crippen LogP contribution in [-0.4, -0.2) is 21.3 Å². The van der Waals surface area contributed by atoms with Gasteiger partial charge in [0.1, 0.15) is 17.2 Å². The first-order chi connectivity index (χ1) is 9.58. The summed E-state index contributed by atoms with van der Waals surface area (Å²) in [5.41, 5.74) is 1.60. The highest BCUT2D eigenvalue weighted by atomic mass is 35.5. The second kappa shape index (κ2) is 6.25. The predicted octanol–water partition coefficient (Wildman–Crippen LogP) is 4.69. The lowest BCUT2D eigenvalue weighted by Gasteiger charge is -2.15. The molecule has 106 valence electrons. The number of methoxy groups -OCH3 is 3. The minimum absolute atomic E-state index is 0.549. The van der Waals surface area contributed by atoms with Crippen molar-refractivity contribution >= 4 is 23.2 Å². The number of rotatable bonds is 4. The third kappa shape index (κ3) is 2.94. The van der Waals surface area contributed by atoms with Crippen molar-refractivity contribution in [2.75, 3.05) is 21.3 Å². The lowest BCUT2D eigenvalue weighted by atomic mass is 10.0. The van der Waals surface area contributed by atoms with Gasteiger partial charge in [0.05, 0.1) is 26.9 Å². The Morgan fingerprint density at radius 3 is 1.60 bits per heavy atom. The van der Waals surface area contributed by atoms with Crippen LogP contribution in [0.3, 0.4) is 0 Å².